The van der Waals surface area contributed by atoms with E-state index in [-0.39, 0.29) is 22.9 Å². The molecule has 0 aromatic heterocycles. The highest BCUT2D eigenvalue weighted by atomic mass is 32.2. The van der Waals surface area contributed by atoms with Gasteiger partial charge in [0.1, 0.15) is 0 Å². The van der Waals surface area contributed by atoms with Crippen molar-refractivity contribution in [2.24, 2.45) is 0 Å². The van der Waals surface area contributed by atoms with Crippen LogP contribution in [0.3, 0.4) is 0 Å². The molecule has 1 N–H and O–H groups in total. The van der Waals surface area contributed by atoms with Crippen molar-refractivity contribution in [2.45, 2.75) is 57.0 Å². The van der Waals surface area contributed by atoms with E-state index >= 15 is 0 Å². The fourth-order valence-corrected chi connectivity index (χ4v) is 5.54. The van der Waals surface area contributed by atoms with Crippen LogP contribution in [0.25, 0.3) is 0 Å². The Labute approximate surface area is 167 Å². The van der Waals surface area contributed by atoms with E-state index in [4.69, 9.17) is 0 Å². The molecule has 2 aromatic carbocycles. The first-order valence-corrected chi connectivity index (χ1v) is 11.2. The summed E-state index contributed by atoms with van der Waals surface area (Å²) in [5.74, 6) is -0.278. The molecule has 5 nitrogen and oxygen atoms in total. The van der Waals surface area contributed by atoms with Crippen molar-refractivity contribution in [3.63, 3.8) is 0 Å². The average Bonchev–Trinajstić information content (AvgIpc) is 2.68. The average molecular weight is 401 g/mol. The third kappa shape index (κ3) is 4.28. The van der Waals surface area contributed by atoms with Crippen LogP contribution >= 0.6 is 0 Å². The molecule has 6 heteroatoms. The van der Waals surface area contributed by atoms with Crippen molar-refractivity contribution >= 4 is 15.9 Å². The van der Waals surface area contributed by atoms with E-state index < -0.39 is 10.0 Å². The van der Waals surface area contributed by atoms with Crippen LogP contribution < -0.4 is 5.32 Å². The molecular formula is C22H28N2O3S. The van der Waals surface area contributed by atoms with Gasteiger partial charge in [0.15, 0.2) is 0 Å². The van der Waals surface area contributed by atoms with Crippen LogP contribution in [0.1, 0.15) is 60.6 Å². The molecule has 1 heterocycles. The summed E-state index contributed by atoms with van der Waals surface area (Å²) >= 11 is 0. The summed E-state index contributed by atoms with van der Waals surface area (Å²) in [6.07, 6.45) is 2.79. The molecule has 28 heavy (non-hydrogen) atoms. The lowest BCUT2D eigenvalue weighted by Crippen LogP contribution is -2.42. The van der Waals surface area contributed by atoms with Crippen molar-refractivity contribution in [3.8, 4) is 0 Å². The lowest BCUT2D eigenvalue weighted by atomic mass is 10.0. The minimum Gasteiger partial charge on any atom is -0.346 e. The van der Waals surface area contributed by atoms with Crippen molar-refractivity contribution in [1.29, 1.82) is 0 Å². The van der Waals surface area contributed by atoms with Gasteiger partial charge in [-0.2, -0.15) is 4.31 Å². The van der Waals surface area contributed by atoms with Crippen molar-refractivity contribution in [3.05, 3.63) is 65.2 Å². The van der Waals surface area contributed by atoms with E-state index in [0.29, 0.717) is 12.1 Å². The van der Waals surface area contributed by atoms with Crippen LogP contribution in [-0.2, 0) is 10.0 Å². The number of carbonyl (C=O) groups is 1. The number of aryl methyl sites for hydroxylation is 1. The summed E-state index contributed by atoms with van der Waals surface area (Å²) < 4.78 is 27.7. The third-order valence-electron chi connectivity index (χ3n) is 5.45. The summed E-state index contributed by atoms with van der Waals surface area (Å²) in [5.41, 5.74) is 2.50. The first-order chi connectivity index (χ1) is 13.3. The first kappa shape index (κ1) is 20.6. The Bertz CT molecular complexity index is 956. The van der Waals surface area contributed by atoms with Gasteiger partial charge in [0.2, 0.25) is 10.0 Å². The number of carbonyl (C=O) groups excluding carboxylic acids is 1. The zero-order chi connectivity index (χ0) is 20.3. The van der Waals surface area contributed by atoms with Gasteiger partial charge < -0.3 is 5.32 Å². The minimum absolute atomic E-state index is 0.0164. The summed E-state index contributed by atoms with van der Waals surface area (Å²) in [6.45, 7) is 6.41. The predicted molar refractivity (Wildman–Crippen MR) is 111 cm³/mol. The van der Waals surface area contributed by atoms with Crippen LogP contribution in [0.5, 0.6) is 0 Å². The normalized spacial score (nSPS) is 19.2. The SMILES string of the molecule is Cc1ccccc1C(C)NC(=O)c1cccc(S(=O)(=O)N2CCCCC2C)c1. The van der Waals surface area contributed by atoms with Gasteiger partial charge >= 0.3 is 0 Å². The second kappa shape index (κ2) is 8.45. The minimum atomic E-state index is -3.60. The molecule has 0 saturated carbocycles. The molecule has 3 rings (SSSR count). The smallest absolute Gasteiger partial charge is 0.251 e. The maximum atomic E-state index is 13.1. The molecule has 1 aliphatic heterocycles. The van der Waals surface area contributed by atoms with Gasteiger partial charge in [-0.05, 0) is 62.9 Å². The van der Waals surface area contributed by atoms with Crippen LogP contribution in [0.4, 0.5) is 0 Å². The molecule has 2 atom stereocenters. The number of hydrogen-bond acceptors (Lipinski definition) is 3. The van der Waals surface area contributed by atoms with E-state index in [9.17, 15) is 13.2 Å². The summed E-state index contributed by atoms with van der Waals surface area (Å²) in [7, 11) is -3.60. The maximum Gasteiger partial charge on any atom is 0.251 e. The largest absolute Gasteiger partial charge is 0.346 e. The fraction of sp³-hybridized carbons (Fsp3) is 0.409. The number of nitrogens with zero attached hydrogens (tertiary/aromatic N) is 1. The monoisotopic (exact) mass is 400 g/mol. The molecule has 1 aliphatic rings. The third-order valence-corrected chi connectivity index (χ3v) is 7.46. The number of benzene rings is 2. The van der Waals surface area contributed by atoms with E-state index in [1.165, 1.54) is 6.07 Å². The summed E-state index contributed by atoms with van der Waals surface area (Å²) in [4.78, 5) is 12.9. The van der Waals surface area contributed by atoms with E-state index in [1.54, 1.807) is 22.5 Å². The Balaban J connectivity index is 1.81. The number of sulfonamides is 1. The molecule has 0 bridgehead atoms. The van der Waals surface area contributed by atoms with Crippen molar-refractivity contribution in [2.75, 3.05) is 6.54 Å². The number of rotatable bonds is 5. The molecular weight excluding hydrogens is 372 g/mol. The highest BCUT2D eigenvalue weighted by molar-refractivity contribution is 7.89. The van der Waals surface area contributed by atoms with Gasteiger partial charge in [-0.25, -0.2) is 8.42 Å². The van der Waals surface area contributed by atoms with Gasteiger partial charge in [0.05, 0.1) is 10.9 Å². The predicted octanol–water partition coefficient (Wildman–Crippen LogP) is 4.05. The van der Waals surface area contributed by atoms with Crippen molar-refractivity contribution < 1.29 is 13.2 Å². The van der Waals surface area contributed by atoms with Crippen LogP contribution in [0.2, 0.25) is 0 Å². The van der Waals surface area contributed by atoms with Crippen LogP contribution in [0.15, 0.2) is 53.4 Å². The van der Waals surface area contributed by atoms with Gasteiger partial charge in [-0.15, -0.1) is 0 Å². The molecule has 2 unspecified atom stereocenters. The first-order valence-electron chi connectivity index (χ1n) is 9.79. The standard InChI is InChI=1S/C22H28N2O3S/c1-16-9-4-5-13-21(16)18(3)23-22(25)19-11-8-12-20(15-19)28(26,27)24-14-7-6-10-17(24)2/h4-5,8-9,11-13,15,17-18H,6-7,10,14H2,1-3H3,(H,23,25). The molecule has 0 aliphatic carbocycles. The lowest BCUT2D eigenvalue weighted by molar-refractivity contribution is 0.0939. The Morgan fingerprint density at radius 1 is 1.14 bits per heavy atom. The zero-order valence-corrected chi connectivity index (χ0v) is 17.5. The van der Waals surface area contributed by atoms with Gasteiger partial charge in [0.25, 0.3) is 5.91 Å². The van der Waals surface area contributed by atoms with E-state index in [2.05, 4.69) is 5.32 Å². The van der Waals surface area contributed by atoms with E-state index in [0.717, 1.165) is 30.4 Å². The highest BCUT2D eigenvalue weighted by Gasteiger charge is 2.31. The van der Waals surface area contributed by atoms with Gasteiger partial charge in [-0.3, -0.25) is 4.79 Å². The summed E-state index contributed by atoms with van der Waals surface area (Å²) in [5, 5.41) is 2.97. The molecule has 1 amide bonds. The number of hydrogen-bond donors (Lipinski definition) is 1. The number of piperidine rings is 1. The summed E-state index contributed by atoms with van der Waals surface area (Å²) in [6, 6.07) is 14.0. The second-order valence-electron chi connectivity index (χ2n) is 7.54. The Morgan fingerprint density at radius 2 is 1.89 bits per heavy atom. The Morgan fingerprint density at radius 3 is 2.61 bits per heavy atom. The molecule has 0 spiro atoms. The van der Waals surface area contributed by atoms with Gasteiger partial charge in [0, 0.05) is 18.2 Å². The Hall–Kier alpha value is -2.18. The number of nitrogens with one attached hydrogen (secondary N) is 1. The lowest BCUT2D eigenvalue weighted by Gasteiger charge is -2.32. The topological polar surface area (TPSA) is 66.5 Å². The highest BCUT2D eigenvalue weighted by Crippen LogP contribution is 2.26. The molecule has 2 aromatic rings. The molecule has 1 saturated heterocycles. The second-order valence-corrected chi connectivity index (χ2v) is 9.43. The van der Waals surface area contributed by atoms with Gasteiger partial charge in [-0.1, -0.05) is 36.8 Å². The van der Waals surface area contributed by atoms with E-state index in [1.807, 2.05) is 45.0 Å². The van der Waals surface area contributed by atoms with Crippen LogP contribution in [0, 0.1) is 6.92 Å². The number of amides is 1. The molecule has 0 radical (unpaired) electrons. The Kier molecular flexibility index (Phi) is 6.20. The molecule has 1 fully saturated rings. The maximum absolute atomic E-state index is 13.1. The fourth-order valence-electron chi connectivity index (χ4n) is 3.79. The quantitative estimate of drug-likeness (QED) is 0.823. The zero-order valence-electron chi connectivity index (χ0n) is 16.7. The van der Waals surface area contributed by atoms with Crippen molar-refractivity contribution in [1.82, 2.24) is 9.62 Å². The molecule has 150 valence electrons. The van der Waals surface area contributed by atoms with Crippen LogP contribution in [-0.4, -0.2) is 31.2 Å².